The second-order valence-corrected chi connectivity index (χ2v) is 10.5. The lowest BCUT2D eigenvalue weighted by molar-refractivity contribution is -0.0514. The molecule has 0 aliphatic heterocycles. The van der Waals surface area contributed by atoms with Gasteiger partial charge in [0.15, 0.2) is 11.6 Å². The van der Waals surface area contributed by atoms with Gasteiger partial charge >= 0.3 is 0 Å². The first kappa shape index (κ1) is 32.8. The maximum Gasteiger partial charge on any atom is 0.194 e. The van der Waals surface area contributed by atoms with E-state index >= 15 is 0 Å². The fraction of sp³-hybridized carbons (Fsp3) is 0.548. The number of carbonyl (C=O) groups excluding carboxylic acids is 2. The van der Waals surface area contributed by atoms with Crippen LogP contribution in [0.25, 0.3) is 0 Å². The molecule has 0 saturated carbocycles. The van der Waals surface area contributed by atoms with Crippen molar-refractivity contribution >= 4 is 11.6 Å². The van der Waals surface area contributed by atoms with E-state index in [1.807, 2.05) is 12.1 Å². The van der Waals surface area contributed by atoms with Crippen molar-refractivity contribution in [3.8, 4) is 0 Å². The topological polar surface area (TPSA) is 112 Å². The molecule has 39 heavy (non-hydrogen) atoms. The molecule has 0 aromatic heterocycles. The third kappa shape index (κ3) is 12.1. The molecule has 2 unspecified atom stereocenters. The van der Waals surface area contributed by atoms with Gasteiger partial charge in [-0.1, -0.05) is 60.7 Å². The van der Waals surface area contributed by atoms with Crippen molar-refractivity contribution in [2.45, 2.75) is 70.4 Å². The molecule has 2 rings (SSSR count). The van der Waals surface area contributed by atoms with E-state index in [1.54, 1.807) is 76.2 Å². The third-order valence-corrected chi connectivity index (χ3v) is 6.21. The Hall–Kier alpha value is -2.46. The highest BCUT2D eigenvalue weighted by Gasteiger charge is 2.31. The smallest absolute Gasteiger partial charge is 0.194 e. The van der Waals surface area contributed by atoms with Crippen molar-refractivity contribution < 1.29 is 38.7 Å². The highest BCUT2D eigenvalue weighted by molar-refractivity contribution is 6.02. The normalized spacial score (nSPS) is 13.7. The molecule has 2 aromatic rings. The van der Waals surface area contributed by atoms with Gasteiger partial charge in [0.2, 0.25) is 0 Å². The number of carbonyl (C=O) groups is 2. The summed E-state index contributed by atoms with van der Waals surface area (Å²) in [6, 6.07) is 17.9. The number of rotatable bonds is 20. The summed E-state index contributed by atoms with van der Waals surface area (Å²) in [4.78, 5) is 25.2. The molecule has 8 heteroatoms. The van der Waals surface area contributed by atoms with Crippen LogP contribution in [0.5, 0.6) is 0 Å². The summed E-state index contributed by atoms with van der Waals surface area (Å²) in [5.74, 6) is -0.262. The van der Waals surface area contributed by atoms with Gasteiger partial charge in [0.25, 0.3) is 0 Å². The van der Waals surface area contributed by atoms with Crippen molar-refractivity contribution in [1.29, 1.82) is 0 Å². The van der Waals surface area contributed by atoms with Crippen LogP contribution in [-0.2, 0) is 18.9 Å². The van der Waals surface area contributed by atoms with Crippen molar-refractivity contribution in [3.63, 3.8) is 0 Å². The summed E-state index contributed by atoms with van der Waals surface area (Å²) in [5.41, 5.74) is -0.916. The maximum absolute atomic E-state index is 12.6. The third-order valence-electron chi connectivity index (χ3n) is 6.21. The quantitative estimate of drug-likeness (QED) is 0.188. The summed E-state index contributed by atoms with van der Waals surface area (Å²) in [5, 5.41) is 20.4. The highest BCUT2D eigenvalue weighted by atomic mass is 16.5. The van der Waals surface area contributed by atoms with Crippen LogP contribution < -0.4 is 0 Å². The number of ketones is 2. The van der Waals surface area contributed by atoms with E-state index in [0.29, 0.717) is 56.8 Å². The summed E-state index contributed by atoms with van der Waals surface area (Å²) in [6.45, 7) is 8.58. The average molecular weight is 545 g/mol. The largest absolute Gasteiger partial charge is 0.391 e. The van der Waals surface area contributed by atoms with Gasteiger partial charge in [-0.05, 0) is 47.0 Å². The zero-order chi connectivity index (χ0) is 28.7. The van der Waals surface area contributed by atoms with Crippen molar-refractivity contribution in [2.24, 2.45) is 0 Å². The Morgan fingerprint density at radius 1 is 0.641 bits per heavy atom. The molecule has 216 valence electrons. The predicted octanol–water partition coefficient (Wildman–Crippen LogP) is 4.27. The molecule has 0 spiro atoms. The zero-order valence-corrected chi connectivity index (χ0v) is 23.6. The Balaban J connectivity index is 1.48. The SMILES string of the molecule is CC(C)(OCC(O)CCOCCCOCCC(O)COC(C)(C)C(=O)c1ccccc1)C(=O)c1ccccc1. The highest BCUT2D eigenvalue weighted by Crippen LogP contribution is 2.19. The predicted molar refractivity (Wildman–Crippen MR) is 149 cm³/mol. The molecule has 2 N–H and O–H groups in total. The first-order valence-corrected chi connectivity index (χ1v) is 13.5. The summed E-state index contributed by atoms with van der Waals surface area (Å²) < 4.78 is 22.5. The molecule has 0 bridgehead atoms. The lowest BCUT2D eigenvalue weighted by Crippen LogP contribution is -2.37. The Morgan fingerprint density at radius 3 is 1.36 bits per heavy atom. The molecular formula is C31H44O8. The van der Waals surface area contributed by atoms with Gasteiger partial charge in [0.05, 0.1) is 25.4 Å². The number of ether oxygens (including phenoxy) is 4. The Morgan fingerprint density at radius 2 is 1.00 bits per heavy atom. The van der Waals surface area contributed by atoms with Gasteiger partial charge in [-0.2, -0.15) is 0 Å². The van der Waals surface area contributed by atoms with Crippen LogP contribution in [-0.4, -0.2) is 84.8 Å². The maximum atomic E-state index is 12.6. The second kappa shape index (κ2) is 16.6. The van der Waals surface area contributed by atoms with Gasteiger partial charge < -0.3 is 29.2 Å². The lowest BCUT2D eigenvalue weighted by Gasteiger charge is -2.25. The number of benzene rings is 2. The van der Waals surface area contributed by atoms with Crippen LogP contribution in [0.4, 0.5) is 0 Å². The lowest BCUT2D eigenvalue weighted by atomic mass is 9.96. The minimum absolute atomic E-state index is 0.0433. The molecule has 0 fully saturated rings. The first-order valence-electron chi connectivity index (χ1n) is 13.5. The van der Waals surface area contributed by atoms with E-state index in [1.165, 1.54) is 0 Å². The summed E-state index contributed by atoms with van der Waals surface area (Å²) in [7, 11) is 0. The van der Waals surface area contributed by atoms with Gasteiger partial charge in [-0.25, -0.2) is 0 Å². The van der Waals surface area contributed by atoms with E-state index in [-0.39, 0.29) is 24.8 Å². The number of hydrogen-bond donors (Lipinski definition) is 2. The Labute approximate surface area is 232 Å². The second-order valence-electron chi connectivity index (χ2n) is 10.5. The molecule has 2 aromatic carbocycles. The van der Waals surface area contributed by atoms with Crippen LogP contribution in [0, 0.1) is 0 Å². The van der Waals surface area contributed by atoms with Crippen LogP contribution in [0.1, 0.15) is 67.7 Å². The molecule has 8 nitrogen and oxygen atoms in total. The average Bonchev–Trinajstić information content (AvgIpc) is 2.94. The molecule has 0 aliphatic carbocycles. The summed E-state index contributed by atoms with van der Waals surface area (Å²) in [6.07, 6.45) is -0.00456. The van der Waals surface area contributed by atoms with Crippen LogP contribution in [0.15, 0.2) is 60.7 Å². The zero-order valence-electron chi connectivity index (χ0n) is 23.6. The molecule has 0 saturated heterocycles. The molecule has 0 aliphatic rings. The minimum Gasteiger partial charge on any atom is -0.391 e. The number of Topliss-reactive ketones (excluding diaryl/α,β-unsaturated/α-hetero) is 2. The fourth-order valence-electron chi connectivity index (χ4n) is 3.69. The van der Waals surface area contributed by atoms with Crippen LogP contribution in [0.3, 0.4) is 0 Å². The van der Waals surface area contributed by atoms with Crippen molar-refractivity contribution in [2.75, 3.05) is 39.6 Å². The number of aliphatic hydroxyl groups is 2. The fourth-order valence-corrected chi connectivity index (χ4v) is 3.69. The molecule has 0 radical (unpaired) electrons. The minimum atomic E-state index is -1.03. The van der Waals surface area contributed by atoms with Gasteiger partial charge in [-0.15, -0.1) is 0 Å². The van der Waals surface area contributed by atoms with E-state index in [2.05, 4.69) is 0 Å². The van der Waals surface area contributed by atoms with E-state index in [0.717, 1.165) is 0 Å². The Kier molecular flexibility index (Phi) is 13.9. The number of aliphatic hydroxyl groups excluding tert-OH is 2. The van der Waals surface area contributed by atoms with Crippen molar-refractivity contribution in [1.82, 2.24) is 0 Å². The van der Waals surface area contributed by atoms with Crippen LogP contribution in [0.2, 0.25) is 0 Å². The monoisotopic (exact) mass is 544 g/mol. The Bertz CT molecular complexity index is 895. The standard InChI is InChI=1S/C31H44O8/c1-30(2,28(34)24-12-7-5-8-13-24)38-22-26(32)16-20-36-18-11-19-37-21-17-27(33)23-39-31(3,4)29(35)25-14-9-6-10-15-25/h5-10,12-15,26-27,32-33H,11,16-23H2,1-4H3. The van der Waals surface area contributed by atoms with Gasteiger partial charge in [0, 0.05) is 37.6 Å². The van der Waals surface area contributed by atoms with Crippen molar-refractivity contribution in [3.05, 3.63) is 71.8 Å². The molecular weight excluding hydrogens is 500 g/mol. The van der Waals surface area contributed by atoms with Gasteiger partial charge in [-0.3, -0.25) is 9.59 Å². The van der Waals surface area contributed by atoms with E-state index in [9.17, 15) is 19.8 Å². The van der Waals surface area contributed by atoms with Crippen LogP contribution >= 0.6 is 0 Å². The first-order chi connectivity index (χ1) is 18.5. The van der Waals surface area contributed by atoms with E-state index in [4.69, 9.17) is 18.9 Å². The molecule has 0 amide bonds. The van der Waals surface area contributed by atoms with Gasteiger partial charge in [0.1, 0.15) is 11.2 Å². The molecule has 2 atom stereocenters. The molecule has 0 heterocycles. The van der Waals surface area contributed by atoms with E-state index < -0.39 is 23.4 Å². The summed E-state index contributed by atoms with van der Waals surface area (Å²) >= 11 is 0. The number of hydrogen-bond acceptors (Lipinski definition) is 8.